The Labute approximate surface area is 143 Å². The van der Waals surface area contributed by atoms with Crippen LogP contribution < -0.4 is 5.11 Å². The number of aromatic nitrogens is 4. The van der Waals surface area contributed by atoms with Gasteiger partial charge in [0.15, 0.2) is 5.65 Å². The molecule has 0 aliphatic rings. The summed E-state index contributed by atoms with van der Waals surface area (Å²) in [6.07, 6.45) is 0.375. The van der Waals surface area contributed by atoms with Crippen molar-refractivity contribution in [2.45, 2.75) is 19.3 Å². The fourth-order valence-electron chi connectivity index (χ4n) is 3.08. The Balaban J connectivity index is 2.12. The van der Waals surface area contributed by atoms with E-state index in [1.807, 2.05) is 54.6 Å². The molecule has 0 amide bonds. The molecule has 0 saturated heterocycles. The van der Waals surface area contributed by atoms with Crippen molar-refractivity contribution in [2.24, 2.45) is 0 Å². The first-order valence-electron chi connectivity index (χ1n) is 8.10. The molecule has 6 nitrogen and oxygen atoms in total. The number of carbonyl (C=O) groups is 1. The van der Waals surface area contributed by atoms with Crippen LogP contribution in [0.5, 0.6) is 0 Å². The van der Waals surface area contributed by atoms with Crippen LogP contribution in [0.4, 0.5) is 0 Å². The fourth-order valence-corrected chi connectivity index (χ4v) is 3.08. The highest BCUT2D eigenvalue weighted by molar-refractivity contribution is 5.86. The van der Waals surface area contributed by atoms with Crippen LogP contribution in [0.1, 0.15) is 25.1 Å². The zero-order valence-electron chi connectivity index (χ0n) is 13.6. The van der Waals surface area contributed by atoms with Crippen molar-refractivity contribution in [3.63, 3.8) is 0 Å². The van der Waals surface area contributed by atoms with Gasteiger partial charge in [-0.2, -0.15) is 0 Å². The number of nitrogens with zero attached hydrogens (tertiary/aromatic N) is 4. The van der Waals surface area contributed by atoms with Gasteiger partial charge in [0.2, 0.25) is 0 Å². The first kappa shape index (κ1) is 15.3. The Morgan fingerprint density at radius 3 is 2.52 bits per heavy atom. The number of para-hydroxylation sites is 2. The van der Waals surface area contributed by atoms with Crippen molar-refractivity contribution in [3.05, 3.63) is 60.4 Å². The van der Waals surface area contributed by atoms with E-state index >= 15 is 0 Å². The molecule has 0 spiro atoms. The Hall–Kier alpha value is -3.28. The lowest BCUT2D eigenvalue weighted by atomic mass is 10.1. The predicted molar refractivity (Wildman–Crippen MR) is 91.8 cm³/mol. The lowest BCUT2D eigenvalue weighted by Crippen LogP contribution is -2.30. The van der Waals surface area contributed by atoms with Crippen LogP contribution >= 0.6 is 0 Å². The van der Waals surface area contributed by atoms with Crippen molar-refractivity contribution in [2.75, 3.05) is 0 Å². The smallest absolute Gasteiger partial charge is 0.187 e. The number of hydrogen-bond acceptors (Lipinski definition) is 5. The second-order valence-electron chi connectivity index (χ2n) is 5.81. The van der Waals surface area contributed by atoms with E-state index in [-0.39, 0.29) is 0 Å². The average molecular weight is 331 g/mol. The largest absolute Gasteiger partial charge is 0.549 e. The van der Waals surface area contributed by atoms with E-state index in [4.69, 9.17) is 4.98 Å². The molecule has 4 aromatic rings. The van der Waals surface area contributed by atoms with Gasteiger partial charge in [-0.3, -0.25) is 4.40 Å². The minimum Gasteiger partial charge on any atom is -0.549 e. The molecule has 0 saturated carbocycles. The summed E-state index contributed by atoms with van der Waals surface area (Å²) < 4.78 is 1.79. The van der Waals surface area contributed by atoms with Gasteiger partial charge in [-0.15, -0.1) is 10.2 Å². The molecule has 2 heterocycles. The number of carboxylic acid groups (broad SMARTS) is 1. The summed E-state index contributed by atoms with van der Waals surface area (Å²) in [6.45, 7) is 1.79. The summed E-state index contributed by atoms with van der Waals surface area (Å²) in [7, 11) is 0. The van der Waals surface area contributed by atoms with Crippen LogP contribution in [0.15, 0.2) is 54.6 Å². The van der Waals surface area contributed by atoms with Gasteiger partial charge in [-0.25, -0.2) is 4.98 Å². The van der Waals surface area contributed by atoms with Crippen LogP contribution in [0.25, 0.3) is 27.9 Å². The molecule has 0 fully saturated rings. The van der Waals surface area contributed by atoms with Gasteiger partial charge >= 0.3 is 0 Å². The van der Waals surface area contributed by atoms with Crippen molar-refractivity contribution in [1.29, 1.82) is 0 Å². The van der Waals surface area contributed by atoms with Crippen molar-refractivity contribution < 1.29 is 9.90 Å². The van der Waals surface area contributed by atoms with Gasteiger partial charge in [0.1, 0.15) is 11.5 Å². The lowest BCUT2D eigenvalue weighted by Gasteiger charge is -2.15. The molecular weight excluding hydrogens is 316 g/mol. The third-order valence-electron chi connectivity index (χ3n) is 4.31. The molecule has 6 heteroatoms. The second-order valence-corrected chi connectivity index (χ2v) is 5.81. The molecule has 4 rings (SSSR count). The molecule has 0 N–H and O–H groups in total. The van der Waals surface area contributed by atoms with Gasteiger partial charge in [-0.1, -0.05) is 49.4 Å². The highest BCUT2D eigenvalue weighted by atomic mass is 16.4. The van der Waals surface area contributed by atoms with Crippen LogP contribution in [-0.4, -0.2) is 25.6 Å². The normalized spacial score (nSPS) is 12.5. The third kappa shape index (κ3) is 2.42. The Bertz CT molecular complexity index is 1070. The van der Waals surface area contributed by atoms with E-state index in [2.05, 4.69) is 10.2 Å². The second kappa shape index (κ2) is 5.98. The number of hydrogen-bond donors (Lipinski definition) is 0. The van der Waals surface area contributed by atoms with Crippen molar-refractivity contribution in [1.82, 2.24) is 19.6 Å². The maximum absolute atomic E-state index is 11.6. The molecule has 1 atom stereocenters. The van der Waals surface area contributed by atoms with E-state index in [9.17, 15) is 9.90 Å². The molecule has 0 bridgehead atoms. The summed E-state index contributed by atoms with van der Waals surface area (Å²) in [5.74, 6) is -1.61. The number of aliphatic carboxylic acids is 1. The molecule has 124 valence electrons. The molecule has 25 heavy (non-hydrogen) atoms. The van der Waals surface area contributed by atoms with Gasteiger partial charge in [0.05, 0.1) is 22.9 Å². The SMILES string of the molecule is CCC(C(=O)[O-])c1nnc2c(-c3ccccc3)nc3ccccc3n12. The fraction of sp³-hybridized carbons (Fsp3) is 0.158. The van der Waals surface area contributed by atoms with E-state index in [1.54, 1.807) is 11.3 Å². The zero-order valence-corrected chi connectivity index (χ0v) is 13.6. The van der Waals surface area contributed by atoms with Crippen LogP contribution in [0.3, 0.4) is 0 Å². The Morgan fingerprint density at radius 1 is 1.08 bits per heavy atom. The minimum atomic E-state index is -1.15. The number of rotatable bonds is 4. The van der Waals surface area contributed by atoms with Gasteiger partial charge in [-0.05, 0) is 18.6 Å². The monoisotopic (exact) mass is 331 g/mol. The lowest BCUT2D eigenvalue weighted by molar-refractivity contribution is -0.308. The molecule has 1 unspecified atom stereocenters. The topological polar surface area (TPSA) is 83.2 Å². The third-order valence-corrected chi connectivity index (χ3v) is 4.31. The average Bonchev–Trinajstić information content (AvgIpc) is 3.07. The maximum atomic E-state index is 11.6. The highest BCUT2D eigenvalue weighted by Crippen LogP contribution is 2.28. The Kier molecular flexibility index (Phi) is 3.65. The zero-order chi connectivity index (χ0) is 17.4. The number of carbonyl (C=O) groups excluding carboxylic acids is 1. The van der Waals surface area contributed by atoms with Gasteiger partial charge in [0.25, 0.3) is 0 Å². The molecule has 2 aromatic carbocycles. The first-order valence-corrected chi connectivity index (χ1v) is 8.10. The summed E-state index contributed by atoms with van der Waals surface area (Å²) >= 11 is 0. The van der Waals surface area contributed by atoms with Crippen LogP contribution in [0, 0.1) is 0 Å². The summed E-state index contributed by atoms with van der Waals surface area (Å²) in [6, 6.07) is 17.2. The van der Waals surface area contributed by atoms with E-state index in [1.165, 1.54) is 0 Å². The standard InChI is InChI=1S/C19H16N4O2/c1-2-13(19(24)25)17-21-22-18-16(12-8-4-3-5-9-12)20-14-10-6-7-11-15(14)23(17)18/h3-11,13H,2H2,1H3,(H,24,25)/p-1. The Morgan fingerprint density at radius 2 is 1.80 bits per heavy atom. The quantitative estimate of drug-likeness (QED) is 0.572. The summed E-state index contributed by atoms with van der Waals surface area (Å²) in [5, 5.41) is 20.0. The van der Waals surface area contributed by atoms with Crippen LogP contribution in [0.2, 0.25) is 0 Å². The van der Waals surface area contributed by atoms with E-state index in [0.29, 0.717) is 23.6 Å². The van der Waals surface area contributed by atoms with Crippen molar-refractivity contribution in [3.8, 4) is 11.3 Å². The molecule has 0 aliphatic carbocycles. The summed E-state index contributed by atoms with van der Waals surface area (Å²) in [4.78, 5) is 16.3. The number of benzene rings is 2. The van der Waals surface area contributed by atoms with Crippen molar-refractivity contribution >= 4 is 22.6 Å². The van der Waals surface area contributed by atoms with Gasteiger partial charge < -0.3 is 9.90 Å². The number of fused-ring (bicyclic) bond motifs is 3. The maximum Gasteiger partial charge on any atom is 0.187 e. The molecular formula is C19H15N4O2-. The predicted octanol–water partition coefficient (Wildman–Crippen LogP) is 2.19. The summed E-state index contributed by atoms with van der Waals surface area (Å²) in [5.41, 5.74) is 3.64. The number of carboxylic acids is 1. The van der Waals surface area contributed by atoms with E-state index < -0.39 is 11.9 Å². The minimum absolute atomic E-state index is 0.369. The van der Waals surface area contributed by atoms with Gasteiger partial charge in [0, 0.05) is 5.56 Å². The van der Waals surface area contributed by atoms with E-state index in [0.717, 1.165) is 16.6 Å². The first-order chi connectivity index (χ1) is 12.2. The molecule has 0 radical (unpaired) electrons. The molecule has 0 aliphatic heterocycles. The molecule has 2 aromatic heterocycles. The van der Waals surface area contributed by atoms with Crippen LogP contribution in [-0.2, 0) is 4.79 Å². The highest BCUT2D eigenvalue weighted by Gasteiger charge is 2.22.